The maximum atomic E-state index is 13.4. The zero-order valence-corrected chi connectivity index (χ0v) is 29.5. The molecule has 0 amide bonds. The summed E-state index contributed by atoms with van der Waals surface area (Å²) in [6.45, 7) is 15.1. The quantitative estimate of drug-likeness (QED) is 0.129. The molecule has 2 N–H and O–H groups in total. The third-order valence-corrected chi connectivity index (χ3v) is 13.6. The number of benzene rings is 1. The fourth-order valence-corrected chi connectivity index (χ4v) is 10.5. The van der Waals surface area contributed by atoms with Crippen LogP contribution in [0.2, 0.25) is 0 Å². The summed E-state index contributed by atoms with van der Waals surface area (Å²) in [5.74, 6) is -0.593. The third kappa shape index (κ3) is 4.72. The van der Waals surface area contributed by atoms with Gasteiger partial charge in [-0.2, -0.15) is 0 Å². The Morgan fingerprint density at radius 3 is 2.31 bits per heavy atom. The van der Waals surface area contributed by atoms with Crippen molar-refractivity contribution in [3.05, 3.63) is 34.4 Å². The molecular weight excluding hydrogens is 563 g/mol. The van der Waals surface area contributed by atoms with E-state index in [0.717, 1.165) is 56.9 Å². The van der Waals surface area contributed by atoms with Gasteiger partial charge in [0.15, 0.2) is 11.5 Å². The first-order chi connectivity index (χ1) is 18.9. The van der Waals surface area contributed by atoms with E-state index in [2.05, 4.69) is 41.5 Å². The molecule has 0 spiro atoms. The van der Waals surface area contributed by atoms with Crippen molar-refractivity contribution in [2.24, 2.45) is 27.6 Å². The summed E-state index contributed by atoms with van der Waals surface area (Å²) in [7, 11) is -4.81. The predicted molar refractivity (Wildman–Crippen MR) is 156 cm³/mol. The van der Waals surface area contributed by atoms with Gasteiger partial charge in [-0.25, -0.2) is 8.42 Å². The Hall–Kier alpha value is -1.06. The Morgan fingerprint density at radius 1 is 1.05 bits per heavy atom. The van der Waals surface area contributed by atoms with Gasteiger partial charge in [-0.05, 0) is 110 Å². The number of esters is 1. The van der Waals surface area contributed by atoms with Crippen LogP contribution < -0.4 is 29.6 Å². The molecule has 2 unspecified atom stereocenters. The van der Waals surface area contributed by atoms with E-state index in [9.17, 15) is 28.0 Å². The molecule has 7 nitrogen and oxygen atoms in total. The average molecular weight is 611 g/mol. The standard InChI is InChI=1S/C33H48O7S.Na/c1-8-9-16-40-28(36)30(4)11-10-29(3)12-14-32(6)24-18-23(41(37,38)39)26-20(2)27(35)22(34)17-21(26)31(24,5)13-15-33(32,7)25(29)19-30;/h17-18,23,25,34-35H,8-16,19H2,1-7H3,(H,37,38,39);/q;+1/p-1/t23?,25?,29-,30-,31+,32-,33+;/m1./s1. The van der Waals surface area contributed by atoms with Crippen molar-refractivity contribution in [1.82, 2.24) is 0 Å². The van der Waals surface area contributed by atoms with Gasteiger partial charge in [-0.1, -0.05) is 52.7 Å². The largest absolute Gasteiger partial charge is 1.00 e. The minimum absolute atomic E-state index is 0. The van der Waals surface area contributed by atoms with E-state index in [1.165, 1.54) is 6.07 Å². The SMILES string of the molecule is CCCCOC(=O)[C@]1(C)CC[C@]2(C)CC[C@]3(C)C4=CC(S(=O)(=O)[O-])c5c(cc(O)c(O)c5C)[C@]4(C)CC[C@@]3(C)C2C1.[Na+]. The molecule has 0 bridgehead atoms. The summed E-state index contributed by atoms with van der Waals surface area (Å²) in [6.07, 6.45) is 9.31. The van der Waals surface area contributed by atoms with Crippen molar-refractivity contribution >= 4 is 16.1 Å². The first-order valence-corrected chi connectivity index (χ1v) is 16.8. The zero-order chi connectivity index (χ0) is 30.4. The zero-order valence-electron chi connectivity index (χ0n) is 26.7. The molecule has 228 valence electrons. The second-order valence-electron chi connectivity index (χ2n) is 14.9. The Balaban J connectivity index is 0.00000405. The molecule has 0 heterocycles. The van der Waals surface area contributed by atoms with Gasteiger partial charge < -0.3 is 19.5 Å². The molecule has 3 fully saturated rings. The molecule has 4 aliphatic rings. The summed E-state index contributed by atoms with van der Waals surface area (Å²) in [5.41, 5.74) is 0.283. The number of phenolic OH excluding ortho intramolecular Hbond substituents is 2. The number of fused-ring (bicyclic) bond motifs is 7. The fraction of sp³-hybridized carbons (Fsp3) is 0.727. The van der Waals surface area contributed by atoms with E-state index in [1.54, 1.807) is 13.0 Å². The number of carbonyl (C=O) groups excluding carboxylic acids is 1. The second kappa shape index (κ2) is 10.8. The van der Waals surface area contributed by atoms with Gasteiger partial charge in [0.05, 0.1) is 17.3 Å². The predicted octanol–water partition coefficient (Wildman–Crippen LogP) is 3.95. The van der Waals surface area contributed by atoms with Crippen molar-refractivity contribution in [3.63, 3.8) is 0 Å². The van der Waals surface area contributed by atoms with Gasteiger partial charge in [0.1, 0.15) is 10.1 Å². The monoisotopic (exact) mass is 610 g/mol. The van der Waals surface area contributed by atoms with Crippen LogP contribution >= 0.6 is 0 Å². The molecule has 0 radical (unpaired) electrons. The summed E-state index contributed by atoms with van der Waals surface area (Å²) in [4.78, 5) is 13.4. The normalized spacial score (nSPS) is 39.0. The van der Waals surface area contributed by atoms with Gasteiger partial charge in [-0.15, -0.1) is 0 Å². The fourth-order valence-electron chi connectivity index (χ4n) is 9.59. The Labute approximate surface area is 273 Å². The number of rotatable bonds is 5. The molecular formula is C33H47NaO7S. The summed E-state index contributed by atoms with van der Waals surface area (Å²) >= 11 is 0. The smallest absolute Gasteiger partial charge is 0.747 e. The Morgan fingerprint density at radius 2 is 1.69 bits per heavy atom. The van der Waals surface area contributed by atoms with Gasteiger partial charge in [0, 0.05) is 5.41 Å². The molecule has 3 saturated carbocycles. The van der Waals surface area contributed by atoms with Crippen molar-refractivity contribution < 1.29 is 62.3 Å². The molecule has 7 atom stereocenters. The van der Waals surface area contributed by atoms with E-state index in [1.807, 2.05) is 0 Å². The molecule has 1 aromatic rings. The van der Waals surface area contributed by atoms with Crippen LogP contribution in [0.25, 0.3) is 0 Å². The van der Waals surface area contributed by atoms with E-state index < -0.39 is 31.6 Å². The molecule has 9 heteroatoms. The molecule has 5 rings (SSSR count). The summed E-state index contributed by atoms with van der Waals surface area (Å²) in [5, 5.41) is 19.7. The molecule has 4 aliphatic carbocycles. The molecule has 0 saturated heterocycles. The van der Waals surface area contributed by atoms with Crippen LogP contribution in [-0.4, -0.2) is 35.8 Å². The van der Waals surface area contributed by atoms with Gasteiger partial charge in [-0.3, -0.25) is 4.79 Å². The number of hydrogen-bond donors (Lipinski definition) is 2. The maximum absolute atomic E-state index is 13.4. The summed E-state index contributed by atoms with van der Waals surface area (Å²) < 4.78 is 44.1. The minimum atomic E-state index is -4.81. The van der Waals surface area contributed by atoms with E-state index >= 15 is 0 Å². The number of unbranched alkanes of at least 4 members (excludes halogenated alkanes) is 1. The van der Waals surface area contributed by atoms with Crippen molar-refractivity contribution in [2.45, 2.75) is 117 Å². The number of ether oxygens (including phenoxy) is 1. The van der Waals surface area contributed by atoms with E-state index in [-0.39, 0.29) is 69.3 Å². The topological polar surface area (TPSA) is 124 Å². The second-order valence-corrected chi connectivity index (χ2v) is 16.4. The van der Waals surface area contributed by atoms with Crippen molar-refractivity contribution in [1.29, 1.82) is 0 Å². The van der Waals surface area contributed by atoms with Crippen LogP contribution in [0.3, 0.4) is 0 Å². The number of hydrogen-bond acceptors (Lipinski definition) is 7. The van der Waals surface area contributed by atoms with Crippen molar-refractivity contribution in [3.8, 4) is 11.5 Å². The van der Waals surface area contributed by atoms with Gasteiger partial charge >= 0.3 is 35.5 Å². The number of allylic oxidation sites excluding steroid dienone is 1. The van der Waals surface area contributed by atoms with Crippen LogP contribution in [0, 0.1) is 34.5 Å². The first-order valence-electron chi connectivity index (χ1n) is 15.3. The van der Waals surface area contributed by atoms with Crippen LogP contribution in [0.4, 0.5) is 0 Å². The average Bonchev–Trinajstić information content (AvgIpc) is 2.89. The van der Waals surface area contributed by atoms with Gasteiger partial charge in [0.2, 0.25) is 0 Å². The van der Waals surface area contributed by atoms with Crippen molar-refractivity contribution in [2.75, 3.05) is 6.61 Å². The third-order valence-electron chi connectivity index (χ3n) is 12.6. The first kappa shape index (κ1) is 33.8. The van der Waals surface area contributed by atoms with Crippen LogP contribution in [0.1, 0.15) is 121 Å². The van der Waals surface area contributed by atoms with Crippen LogP contribution in [0.15, 0.2) is 17.7 Å². The Bertz CT molecular complexity index is 1420. The molecule has 0 aliphatic heterocycles. The van der Waals surface area contributed by atoms with Crippen LogP contribution in [0.5, 0.6) is 11.5 Å². The maximum Gasteiger partial charge on any atom is 1.00 e. The molecule has 42 heavy (non-hydrogen) atoms. The molecule has 1 aromatic carbocycles. The number of carbonyl (C=O) groups is 1. The van der Waals surface area contributed by atoms with E-state index in [0.29, 0.717) is 24.2 Å². The summed E-state index contributed by atoms with van der Waals surface area (Å²) in [6, 6.07) is 1.48. The molecule has 0 aromatic heterocycles. The van der Waals surface area contributed by atoms with E-state index in [4.69, 9.17) is 4.74 Å². The minimum Gasteiger partial charge on any atom is -0.747 e. The van der Waals surface area contributed by atoms with Gasteiger partial charge in [0.25, 0.3) is 0 Å². The number of phenols is 2. The number of aromatic hydroxyl groups is 2. The Kier molecular flexibility index (Phi) is 8.68. The van der Waals surface area contributed by atoms with Crippen LogP contribution in [-0.2, 0) is 25.1 Å².